The highest BCUT2D eigenvalue weighted by molar-refractivity contribution is 6.01. The summed E-state index contributed by atoms with van der Waals surface area (Å²) >= 11 is 0. The molecule has 4 aromatic carbocycles. The molecule has 0 saturated heterocycles. The van der Waals surface area contributed by atoms with E-state index >= 15 is 0 Å². The standard InChI is InChI=1S/2C18H14O8/c19-15(20)13(25-17(23)11-7-3-1-4-8-11)14(16(21)22)26-18(24)12-9-5-2-6-10-12;19-13(17(23)25-15(21)11-7-3-1-4-8-11)14(20)18(24)26-16(22)12-9-5-2-6-10-12/h1-10,13-14H,(H,19,20)(H,21,22);1-10,13-14,19-20H. The van der Waals surface area contributed by atoms with E-state index < -0.39 is 72.2 Å². The van der Waals surface area contributed by atoms with Gasteiger partial charge in [0.2, 0.25) is 12.2 Å². The van der Waals surface area contributed by atoms with Gasteiger partial charge in [0.05, 0.1) is 22.3 Å². The Morgan fingerprint density at radius 1 is 0.385 bits per heavy atom. The molecular weight excluding hydrogens is 688 g/mol. The second-order valence-electron chi connectivity index (χ2n) is 10.1. The van der Waals surface area contributed by atoms with E-state index in [0.29, 0.717) is 0 Å². The molecule has 16 heteroatoms. The van der Waals surface area contributed by atoms with E-state index in [4.69, 9.17) is 9.47 Å². The Labute approximate surface area is 293 Å². The number of hydrogen-bond donors (Lipinski definition) is 4. The number of aliphatic hydroxyl groups excluding tert-OH is 2. The summed E-state index contributed by atoms with van der Waals surface area (Å²) in [4.78, 5) is 93.6. The summed E-state index contributed by atoms with van der Waals surface area (Å²) in [5.74, 6) is -10.9. The van der Waals surface area contributed by atoms with Crippen LogP contribution in [0.1, 0.15) is 41.4 Å². The Kier molecular flexibility index (Phi) is 14.6. The molecule has 16 nitrogen and oxygen atoms in total. The van der Waals surface area contributed by atoms with Gasteiger partial charge >= 0.3 is 47.8 Å². The SMILES string of the molecule is O=C(OC(=O)C(O)C(O)C(=O)OC(=O)c1ccccc1)c1ccccc1.O=C(OC(C(=O)O)C(OC(=O)c1ccccc1)C(=O)O)c1ccccc1. The summed E-state index contributed by atoms with van der Waals surface area (Å²) in [5, 5.41) is 37.8. The molecule has 0 saturated carbocycles. The molecule has 0 spiro atoms. The molecular formula is C36H28O16. The topological polar surface area (TPSA) is 254 Å². The second-order valence-corrected chi connectivity index (χ2v) is 10.1. The van der Waals surface area contributed by atoms with Crippen LogP contribution in [0.3, 0.4) is 0 Å². The van der Waals surface area contributed by atoms with Gasteiger partial charge in [-0.2, -0.15) is 0 Å². The van der Waals surface area contributed by atoms with E-state index in [0.717, 1.165) is 0 Å². The van der Waals surface area contributed by atoms with Gasteiger partial charge in [0.1, 0.15) is 0 Å². The van der Waals surface area contributed by atoms with Gasteiger partial charge in [0.25, 0.3) is 0 Å². The zero-order valence-corrected chi connectivity index (χ0v) is 26.5. The Balaban J connectivity index is 0.000000280. The number of benzene rings is 4. The van der Waals surface area contributed by atoms with Crippen LogP contribution in [0.15, 0.2) is 121 Å². The lowest BCUT2D eigenvalue weighted by Gasteiger charge is -2.21. The fourth-order valence-electron chi connectivity index (χ4n) is 3.83. The molecule has 0 amide bonds. The number of ether oxygens (including phenoxy) is 4. The first-order valence-electron chi connectivity index (χ1n) is 14.8. The van der Waals surface area contributed by atoms with Crippen molar-refractivity contribution in [3.8, 4) is 0 Å². The smallest absolute Gasteiger partial charge is 0.349 e. The summed E-state index contributed by atoms with van der Waals surface area (Å²) < 4.78 is 18.3. The average Bonchev–Trinajstić information content (AvgIpc) is 3.16. The number of esters is 6. The van der Waals surface area contributed by atoms with Gasteiger partial charge in [0.15, 0.2) is 12.2 Å². The van der Waals surface area contributed by atoms with E-state index in [1.165, 1.54) is 97.1 Å². The lowest BCUT2D eigenvalue weighted by atomic mass is 10.1. The predicted molar refractivity (Wildman–Crippen MR) is 172 cm³/mol. The third-order valence-electron chi connectivity index (χ3n) is 6.44. The highest BCUT2D eigenvalue weighted by Crippen LogP contribution is 2.14. The fourth-order valence-corrected chi connectivity index (χ4v) is 3.83. The first kappa shape index (κ1) is 39.4. The molecule has 0 bridgehead atoms. The molecule has 52 heavy (non-hydrogen) atoms. The van der Waals surface area contributed by atoms with Crippen LogP contribution in [0.2, 0.25) is 0 Å². The molecule has 0 aliphatic rings. The van der Waals surface area contributed by atoms with Crippen molar-refractivity contribution in [1.29, 1.82) is 0 Å². The summed E-state index contributed by atoms with van der Waals surface area (Å²) in [6, 6.07) is 29.7. The van der Waals surface area contributed by atoms with Gasteiger partial charge < -0.3 is 39.4 Å². The maximum atomic E-state index is 12.0. The van der Waals surface area contributed by atoms with Gasteiger partial charge in [0, 0.05) is 0 Å². The lowest BCUT2D eigenvalue weighted by molar-refractivity contribution is -0.166. The first-order chi connectivity index (χ1) is 24.8. The molecule has 0 fully saturated rings. The van der Waals surface area contributed by atoms with Gasteiger partial charge in [-0.3, -0.25) is 0 Å². The van der Waals surface area contributed by atoms with Crippen LogP contribution in [0.5, 0.6) is 0 Å². The van der Waals surface area contributed by atoms with Crippen LogP contribution < -0.4 is 0 Å². The number of rotatable bonds is 12. The molecule has 4 atom stereocenters. The van der Waals surface area contributed by atoms with Gasteiger partial charge in [-0.15, -0.1) is 0 Å². The summed E-state index contributed by atoms with van der Waals surface area (Å²) in [7, 11) is 0. The molecule has 4 unspecified atom stereocenters. The molecule has 4 N–H and O–H groups in total. The third-order valence-corrected chi connectivity index (χ3v) is 6.44. The number of carboxylic acid groups (broad SMARTS) is 2. The number of carbonyl (C=O) groups is 8. The van der Waals surface area contributed by atoms with Crippen LogP contribution >= 0.6 is 0 Å². The highest BCUT2D eigenvalue weighted by Gasteiger charge is 2.41. The van der Waals surface area contributed by atoms with Gasteiger partial charge in [-0.05, 0) is 48.5 Å². The zero-order valence-electron chi connectivity index (χ0n) is 26.5. The molecule has 4 aromatic rings. The van der Waals surface area contributed by atoms with Crippen LogP contribution in [-0.2, 0) is 38.1 Å². The molecule has 0 aliphatic carbocycles. The molecule has 0 heterocycles. The van der Waals surface area contributed by atoms with Crippen molar-refractivity contribution in [2.75, 3.05) is 0 Å². The van der Waals surface area contributed by atoms with E-state index in [1.54, 1.807) is 24.3 Å². The predicted octanol–water partition coefficient (Wildman–Crippen LogP) is 2.08. The maximum Gasteiger partial charge on any atom is 0.349 e. The maximum absolute atomic E-state index is 12.0. The lowest BCUT2D eigenvalue weighted by Crippen LogP contribution is -2.45. The number of carbonyl (C=O) groups excluding carboxylic acids is 6. The zero-order chi connectivity index (χ0) is 38.2. The van der Waals surface area contributed by atoms with Crippen molar-refractivity contribution in [2.24, 2.45) is 0 Å². The normalized spacial score (nSPS) is 12.5. The van der Waals surface area contributed by atoms with Crippen LogP contribution in [0.25, 0.3) is 0 Å². The number of carboxylic acids is 2. The molecule has 0 aromatic heterocycles. The van der Waals surface area contributed by atoms with Gasteiger partial charge in [-0.25, -0.2) is 38.4 Å². The second kappa shape index (κ2) is 19.2. The van der Waals surface area contributed by atoms with Crippen molar-refractivity contribution in [3.63, 3.8) is 0 Å². The van der Waals surface area contributed by atoms with E-state index in [-0.39, 0.29) is 22.3 Å². The van der Waals surface area contributed by atoms with Crippen molar-refractivity contribution in [3.05, 3.63) is 144 Å². The van der Waals surface area contributed by atoms with Crippen LogP contribution in [0.4, 0.5) is 0 Å². The molecule has 0 aliphatic heterocycles. The van der Waals surface area contributed by atoms with E-state index in [1.807, 2.05) is 0 Å². The Bertz CT molecular complexity index is 1740. The largest absolute Gasteiger partial charge is 0.478 e. The highest BCUT2D eigenvalue weighted by atomic mass is 16.6. The van der Waals surface area contributed by atoms with Crippen molar-refractivity contribution in [1.82, 2.24) is 0 Å². The monoisotopic (exact) mass is 716 g/mol. The minimum absolute atomic E-state index is 0.0253. The Morgan fingerprint density at radius 2 is 0.615 bits per heavy atom. The molecule has 268 valence electrons. The minimum atomic E-state index is -2.40. The number of hydrogen-bond acceptors (Lipinski definition) is 14. The average molecular weight is 717 g/mol. The summed E-state index contributed by atoms with van der Waals surface area (Å²) in [6.45, 7) is 0. The summed E-state index contributed by atoms with van der Waals surface area (Å²) in [5.41, 5.74) is 0.114. The van der Waals surface area contributed by atoms with Crippen LogP contribution in [0, 0.1) is 0 Å². The first-order valence-corrected chi connectivity index (χ1v) is 14.8. The Hall–Kier alpha value is -7.04. The van der Waals surface area contributed by atoms with Crippen LogP contribution in [-0.4, -0.2) is 92.6 Å². The van der Waals surface area contributed by atoms with E-state index in [9.17, 15) is 58.8 Å². The quantitative estimate of drug-likeness (QED) is 0.0930. The third kappa shape index (κ3) is 11.5. The number of aliphatic carboxylic acids is 2. The van der Waals surface area contributed by atoms with Crippen molar-refractivity contribution < 1.29 is 77.7 Å². The van der Waals surface area contributed by atoms with Gasteiger partial charge in [-0.1, -0.05) is 72.8 Å². The molecule has 4 rings (SSSR count). The van der Waals surface area contributed by atoms with E-state index in [2.05, 4.69) is 9.47 Å². The molecule has 0 radical (unpaired) electrons. The van der Waals surface area contributed by atoms with Crippen molar-refractivity contribution >= 4 is 47.8 Å². The number of aliphatic hydroxyl groups is 2. The summed E-state index contributed by atoms with van der Waals surface area (Å²) in [6.07, 6.45) is -9.24. The fraction of sp³-hybridized carbons (Fsp3) is 0.111. The Morgan fingerprint density at radius 3 is 0.846 bits per heavy atom. The minimum Gasteiger partial charge on any atom is -0.478 e. The van der Waals surface area contributed by atoms with Crippen molar-refractivity contribution in [2.45, 2.75) is 24.4 Å².